The number of hydrogen-bond acceptors (Lipinski definition) is 3. The van der Waals surface area contributed by atoms with Gasteiger partial charge in [0.2, 0.25) is 0 Å². The summed E-state index contributed by atoms with van der Waals surface area (Å²) < 4.78 is 5.07. The monoisotopic (exact) mass is 233 g/mol. The predicted molar refractivity (Wildman–Crippen MR) is 62.8 cm³/mol. The summed E-state index contributed by atoms with van der Waals surface area (Å²) in [6, 6.07) is 5.10. The van der Waals surface area contributed by atoms with Gasteiger partial charge in [0.25, 0.3) is 5.56 Å². The highest BCUT2D eigenvalue weighted by atomic mass is 16.5. The Hall–Kier alpha value is -2.30. The first-order chi connectivity index (χ1) is 8.04. The van der Waals surface area contributed by atoms with Gasteiger partial charge in [-0.05, 0) is 30.7 Å². The Morgan fingerprint density at radius 3 is 2.71 bits per heavy atom. The fourth-order valence-electron chi connectivity index (χ4n) is 1.82. The molecule has 0 bridgehead atoms. The Balaban J connectivity index is 2.88. The van der Waals surface area contributed by atoms with Gasteiger partial charge in [0, 0.05) is 10.9 Å². The van der Waals surface area contributed by atoms with Crippen LogP contribution >= 0.6 is 0 Å². The van der Waals surface area contributed by atoms with Crippen molar-refractivity contribution in [1.82, 2.24) is 4.98 Å². The largest absolute Gasteiger partial charge is 0.497 e. The molecule has 0 spiro atoms. The molecule has 1 aromatic heterocycles. The van der Waals surface area contributed by atoms with E-state index in [-0.39, 0.29) is 5.56 Å². The molecule has 0 amide bonds. The molecule has 5 heteroatoms. The normalized spacial score (nSPS) is 10.5. The van der Waals surface area contributed by atoms with E-state index in [9.17, 15) is 9.59 Å². The molecule has 88 valence electrons. The summed E-state index contributed by atoms with van der Waals surface area (Å²) in [6.45, 7) is 1.61. The van der Waals surface area contributed by atoms with Gasteiger partial charge in [-0.1, -0.05) is 0 Å². The fourth-order valence-corrected chi connectivity index (χ4v) is 1.82. The van der Waals surface area contributed by atoms with Crippen molar-refractivity contribution >= 4 is 16.9 Å². The number of aromatic carboxylic acids is 1. The number of rotatable bonds is 2. The number of ether oxygens (including phenoxy) is 1. The van der Waals surface area contributed by atoms with Crippen molar-refractivity contribution in [2.45, 2.75) is 6.92 Å². The Morgan fingerprint density at radius 2 is 2.12 bits per heavy atom. The quantitative estimate of drug-likeness (QED) is 0.824. The van der Waals surface area contributed by atoms with Gasteiger partial charge in [-0.15, -0.1) is 0 Å². The van der Waals surface area contributed by atoms with E-state index in [0.29, 0.717) is 22.2 Å². The molecule has 5 nitrogen and oxygen atoms in total. The number of hydrogen-bond donors (Lipinski definition) is 2. The van der Waals surface area contributed by atoms with Gasteiger partial charge >= 0.3 is 5.97 Å². The average molecular weight is 233 g/mol. The van der Waals surface area contributed by atoms with Crippen LogP contribution in [0.4, 0.5) is 0 Å². The molecule has 0 atom stereocenters. The van der Waals surface area contributed by atoms with Crippen LogP contribution in [0.15, 0.2) is 23.0 Å². The number of nitrogens with one attached hydrogen (secondary N) is 1. The molecule has 2 aromatic rings. The van der Waals surface area contributed by atoms with E-state index in [0.717, 1.165) is 0 Å². The topological polar surface area (TPSA) is 79.4 Å². The molecule has 17 heavy (non-hydrogen) atoms. The van der Waals surface area contributed by atoms with Gasteiger partial charge in [-0.3, -0.25) is 4.79 Å². The maximum absolute atomic E-state index is 11.6. The maximum Gasteiger partial charge on any atom is 0.341 e. The van der Waals surface area contributed by atoms with E-state index in [1.807, 2.05) is 0 Å². The van der Waals surface area contributed by atoms with Crippen molar-refractivity contribution in [2.75, 3.05) is 7.11 Å². The predicted octanol–water partition coefficient (Wildman–Crippen LogP) is 1.54. The van der Waals surface area contributed by atoms with Crippen LogP contribution in [0.2, 0.25) is 0 Å². The lowest BCUT2D eigenvalue weighted by Gasteiger charge is -2.07. The number of fused-ring (bicyclic) bond motifs is 1. The van der Waals surface area contributed by atoms with Gasteiger partial charge < -0.3 is 14.8 Å². The van der Waals surface area contributed by atoms with Crippen molar-refractivity contribution in [3.8, 4) is 5.75 Å². The van der Waals surface area contributed by atoms with Crippen LogP contribution in [0.5, 0.6) is 5.75 Å². The first-order valence-electron chi connectivity index (χ1n) is 4.98. The summed E-state index contributed by atoms with van der Waals surface area (Å²) in [4.78, 5) is 25.1. The highest BCUT2D eigenvalue weighted by molar-refractivity contribution is 5.96. The number of carboxylic acids is 1. The highest BCUT2D eigenvalue weighted by Crippen LogP contribution is 2.22. The van der Waals surface area contributed by atoms with Gasteiger partial charge in [-0.25, -0.2) is 4.79 Å². The molecular formula is C12H11NO4. The first kappa shape index (κ1) is 11.2. The first-order valence-corrected chi connectivity index (χ1v) is 4.98. The Bertz CT molecular complexity index is 657. The second-order valence-electron chi connectivity index (χ2n) is 3.67. The summed E-state index contributed by atoms with van der Waals surface area (Å²) in [6.07, 6.45) is 0. The molecule has 0 saturated heterocycles. The number of aromatic nitrogens is 1. The molecule has 0 aliphatic heterocycles. The van der Waals surface area contributed by atoms with Gasteiger partial charge in [0.1, 0.15) is 11.3 Å². The smallest absolute Gasteiger partial charge is 0.341 e. The number of benzene rings is 1. The number of carbonyl (C=O) groups is 1. The van der Waals surface area contributed by atoms with Gasteiger partial charge in [-0.2, -0.15) is 0 Å². The summed E-state index contributed by atoms with van der Waals surface area (Å²) >= 11 is 0. The zero-order valence-corrected chi connectivity index (χ0v) is 9.40. The van der Waals surface area contributed by atoms with E-state index >= 15 is 0 Å². The molecule has 0 fully saturated rings. The standard InChI is InChI=1S/C12H11NO4/c1-6-8-5-7(17-2)3-4-9(8)13-11(14)10(6)12(15)16/h3-5H,1-2H3,(H,13,14)(H,15,16). The van der Waals surface area contributed by atoms with E-state index in [1.54, 1.807) is 25.1 Å². The van der Waals surface area contributed by atoms with Crippen LogP contribution in [0.3, 0.4) is 0 Å². The third kappa shape index (κ3) is 1.75. The lowest BCUT2D eigenvalue weighted by molar-refractivity contribution is 0.0694. The van der Waals surface area contributed by atoms with Crippen molar-refractivity contribution in [3.63, 3.8) is 0 Å². The van der Waals surface area contributed by atoms with Crippen LogP contribution in [0.1, 0.15) is 15.9 Å². The Morgan fingerprint density at radius 1 is 1.41 bits per heavy atom. The van der Waals surface area contributed by atoms with Crippen LogP contribution < -0.4 is 10.3 Å². The molecule has 0 aliphatic carbocycles. The zero-order chi connectivity index (χ0) is 12.6. The summed E-state index contributed by atoms with van der Waals surface area (Å²) in [5.74, 6) is -0.613. The second-order valence-corrected chi connectivity index (χ2v) is 3.67. The number of H-pyrrole nitrogens is 1. The lowest BCUT2D eigenvalue weighted by atomic mass is 10.0. The van der Waals surface area contributed by atoms with Crippen LogP contribution in [-0.4, -0.2) is 23.2 Å². The lowest BCUT2D eigenvalue weighted by Crippen LogP contribution is -2.19. The molecule has 0 unspecified atom stereocenters. The molecule has 1 aromatic carbocycles. The Kier molecular flexibility index (Phi) is 2.59. The van der Waals surface area contributed by atoms with E-state index in [4.69, 9.17) is 9.84 Å². The zero-order valence-electron chi connectivity index (χ0n) is 9.40. The van der Waals surface area contributed by atoms with Crippen LogP contribution in [0, 0.1) is 6.92 Å². The molecule has 0 saturated carbocycles. The minimum Gasteiger partial charge on any atom is -0.497 e. The summed E-state index contributed by atoms with van der Waals surface area (Å²) in [7, 11) is 1.53. The average Bonchev–Trinajstić information content (AvgIpc) is 2.28. The van der Waals surface area contributed by atoms with Gasteiger partial charge in [0.05, 0.1) is 7.11 Å². The molecule has 1 heterocycles. The second kappa shape index (κ2) is 3.93. The highest BCUT2D eigenvalue weighted by Gasteiger charge is 2.15. The third-order valence-electron chi connectivity index (χ3n) is 2.69. The Labute approximate surface area is 96.7 Å². The van der Waals surface area contributed by atoms with Crippen molar-refractivity contribution in [2.24, 2.45) is 0 Å². The minimum absolute atomic E-state index is 0.231. The van der Waals surface area contributed by atoms with Crippen LogP contribution in [-0.2, 0) is 0 Å². The number of carboxylic acid groups (broad SMARTS) is 1. The van der Waals surface area contributed by atoms with E-state index in [1.165, 1.54) is 7.11 Å². The molecule has 2 rings (SSSR count). The number of pyridine rings is 1. The van der Waals surface area contributed by atoms with Crippen molar-refractivity contribution < 1.29 is 14.6 Å². The van der Waals surface area contributed by atoms with Crippen molar-refractivity contribution in [3.05, 3.63) is 39.7 Å². The van der Waals surface area contributed by atoms with E-state index in [2.05, 4.69) is 4.98 Å². The van der Waals surface area contributed by atoms with Crippen LogP contribution in [0.25, 0.3) is 10.9 Å². The number of methoxy groups -OCH3 is 1. The number of aromatic amines is 1. The minimum atomic E-state index is -1.23. The maximum atomic E-state index is 11.6. The van der Waals surface area contributed by atoms with Crippen molar-refractivity contribution in [1.29, 1.82) is 0 Å². The molecule has 0 aliphatic rings. The molecule has 0 radical (unpaired) electrons. The third-order valence-corrected chi connectivity index (χ3v) is 2.69. The fraction of sp³-hybridized carbons (Fsp3) is 0.167. The summed E-state index contributed by atoms with van der Waals surface area (Å²) in [5.41, 5.74) is 0.215. The van der Waals surface area contributed by atoms with Gasteiger partial charge in [0.15, 0.2) is 0 Å². The molecular weight excluding hydrogens is 222 g/mol. The number of aryl methyl sites for hydroxylation is 1. The molecule has 2 N–H and O–H groups in total. The van der Waals surface area contributed by atoms with E-state index < -0.39 is 11.5 Å². The summed E-state index contributed by atoms with van der Waals surface area (Å²) in [5, 5.41) is 9.65. The SMILES string of the molecule is COc1ccc2[nH]c(=O)c(C(=O)O)c(C)c2c1.